The molecular formula is C34H39F2N7O2. The number of anilines is 1. The second-order valence-corrected chi connectivity index (χ2v) is 12.6. The predicted octanol–water partition coefficient (Wildman–Crippen LogP) is 6.85. The third-order valence-electron chi connectivity index (χ3n) is 9.40. The van der Waals surface area contributed by atoms with Gasteiger partial charge < -0.3 is 24.8 Å². The monoisotopic (exact) mass is 615 g/mol. The van der Waals surface area contributed by atoms with Crippen molar-refractivity contribution >= 4 is 22.8 Å². The Morgan fingerprint density at radius 2 is 1.91 bits per heavy atom. The number of alkyl halides is 2. The van der Waals surface area contributed by atoms with Crippen molar-refractivity contribution in [3.05, 3.63) is 76.7 Å². The Hall–Kier alpha value is -4.09. The zero-order valence-electron chi connectivity index (χ0n) is 25.7. The molecule has 11 heteroatoms. The summed E-state index contributed by atoms with van der Waals surface area (Å²) in [6.07, 6.45) is 2.09. The van der Waals surface area contributed by atoms with Crippen LogP contribution in [0, 0.1) is 0 Å². The lowest BCUT2D eigenvalue weighted by atomic mass is 9.88. The van der Waals surface area contributed by atoms with E-state index in [4.69, 9.17) is 4.74 Å². The lowest BCUT2D eigenvalue weighted by molar-refractivity contribution is 0.136. The summed E-state index contributed by atoms with van der Waals surface area (Å²) in [5.41, 5.74) is 5.05. The van der Waals surface area contributed by atoms with Crippen molar-refractivity contribution in [2.24, 2.45) is 0 Å². The van der Waals surface area contributed by atoms with Gasteiger partial charge in [0, 0.05) is 68.7 Å². The smallest absolute Gasteiger partial charge is 0.322 e. The number of carbonyl (C=O) groups excluding carboxylic acids is 1. The van der Waals surface area contributed by atoms with E-state index in [2.05, 4.69) is 56.2 Å². The summed E-state index contributed by atoms with van der Waals surface area (Å²) in [6, 6.07) is 12.7. The molecule has 1 atom stereocenters. The highest BCUT2D eigenvalue weighted by atomic mass is 19.3. The Labute approximate surface area is 261 Å². The van der Waals surface area contributed by atoms with Crippen LogP contribution >= 0.6 is 0 Å². The number of nitrogens with one attached hydrogen (secondary N) is 2. The number of rotatable bonds is 8. The van der Waals surface area contributed by atoms with Crippen LogP contribution in [-0.4, -0.2) is 75.5 Å². The molecule has 0 bridgehead atoms. The van der Waals surface area contributed by atoms with Crippen molar-refractivity contribution in [3.63, 3.8) is 0 Å². The molecule has 7 rings (SSSR count). The average Bonchev–Trinajstić information content (AvgIpc) is 3.80. The number of likely N-dealkylation sites (N-methyl/N-ethyl adjacent to an activating group) is 1. The Bertz CT molecular complexity index is 1700. The SMILES string of the molecule is CC[C@H]1CN(C(=O)Nc2ccc(CN3CCN(C)CC3)c(C(F)F)c2)Cc2cc(Oc3ncnc4[nH]c(C5CC5)cc34)ccc21. The van der Waals surface area contributed by atoms with E-state index < -0.39 is 6.43 Å². The van der Waals surface area contributed by atoms with Gasteiger partial charge in [0.25, 0.3) is 6.43 Å². The molecule has 9 nitrogen and oxygen atoms in total. The van der Waals surface area contributed by atoms with E-state index in [1.54, 1.807) is 17.0 Å². The van der Waals surface area contributed by atoms with Gasteiger partial charge in [-0.1, -0.05) is 19.1 Å². The summed E-state index contributed by atoms with van der Waals surface area (Å²) in [7, 11) is 2.07. The highest BCUT2D eigenvalue weighted by molar-refractivity contribution is 5.89. The van der Waals surface area contributed by atoms with Crippen LogP contribution in [0.15, 0.2) is 48.8 Å². The fourth-order valence-corrected chi connectivity index (χ4v) is 6.53. The van der Waals surface area contributed by atoms with Gasteiger partial charge >= 0.3 is 6.03 Å². The summed E-state index contributed by atoms with van der Waals surface area (Å²) >= 11 is 0. The molecular weight excluding hydrogens is 576 g/mol. The predicted molar refractivity (Wildman–Crippen MR) is 169 cm³/mol. The number of nitrogens with zero attached hydrogens (tertiary/aromatic N) is 5. The fourth-order valence-electron chi connectivity index (χ4n) is 6.53. The van der Waals surface area contributed by atoms with E-state index in [0.717, 1.165) is 49.2 Å². The number of halogens is 2. The third kappa shape index (κ3) is 6.37. The molecule has 4 aromatic rings. The van der Waals surface area contributed by atoms with Gasteiger partial charge in [-0.15, -0.1) is 0 Å². The van der Waals surface area contributed by atoms with Gasteiger partial charge in [-0.3, -0.25) is 4.90 Å². The van der Waals surface area contributed by atoms with E-state index in [-0.39, 0.29) is 17.5 Å². The van der Waals surface area contributed by atoms with Gasteiger partial charge in [-0.25, -0.2) is 23.5 Å². The van der Waals surface area contributed by atoms with Crippen LogP contribution in [0.3, 0.4) is 0 Å². The molecule has 0 spiro atoms. The second kappa shape index (κ2) is 12.4. The number of amides is 2. The maximum absolute atomic E-state index is 14.1. The van der Waals surface area contributed by atoms with E-state index in [1.165, 1.54) is 36.5 Å². The molecule has 236 valence electrons. The molecule has 3 aliphatic rings. The topological polar surface area (TPSA) is 89.6 Å². The second-order valence-electron chi connectivity index (χ2n) is 12.6. The van der Waals surface area contributed by atoms with Gasteiger partial charge in [0.2, 0.25) is 5.88 Å². The highest BCUT2D eigenvalue weighted by Gasteiger charge is 2.29. The number of urea groups is 1. The summed E-state index contributed by atoms with van der Waals surface area (Å²) in [4.78, 5) is 31.9. The number of carbonyl (C=O) groups is 1. The number of aromatic amines is 1. The Balaban J connectivity index is 1.06. The molecule has 4 heterocycles. The number of hydrogen-bond donors (Lipinski definition) is 2. The molecule has 1 saturated heterocycles. The summed E-state index contributed by atoms with van der Waals surface area (Å²) in [5, 5.41) is 3.74. The lowest BCUT2D eigenvalue weighted by Crippen LogP contribution is -2.44. The Kier molecular flexibility index (Phi) is 8.14. The number of benzene rings is 2. The van der Waals surface area contributed by atoms with Gasteiger partial charge in [-0.05, 0) is 79.3 Å². The Morgan fingerprint density at radius 1 is 1.09 bits per heavy atom. The molecule has 2 aromatic carbocycles. The lowest BCUT2D eigenvalue weighted by Gasteiger charge is -2.34. The van der Waals surface area contributed by atoms with Gasteiger partial charge in [0.05, 0.1) is 5.39 Å². The van der Waals surface area contributed by atoms with Crippen LogP contribution in [0.1, 0.15) is 72.4 Å². The maximum Gasteiger partial charge on any atom is 0.322 e. The van der Waals surface area contributed by atoms with Crippen LogP contribution in [0.2, 0.25) is 0 Å². The molecule has 2 amide bonds. The van der Waals surface area contributed by atoms with Crippen molar-refractivity contribution in [1.29, 1.82) is 0 Å². The zero-order chi connectivity index (χ0) is 31.1. The van der Waals surface area contributed by atoms with E-state index in [9.17, 15) is 13.6 Å². The molecule has 2 aliphatic heterocycles. The van der Waals surface area contributed by atoms with Crippen LogP contribution in [0.4, 0.5) is 19.3 Å². The summed E-state index contributed by atoms with van der Waals surface area (Å²) in [6.45, 7) is 7.03. The standard InChI is InChI=1S/C34H39F2N7O2/c1-3-21-18-43(34(44)39-25-7-6-23(28(15-25)31(35)36)17-42-12-10-41(2)11-13-42)19-24-14-26(8-9-27(21)24)45-33-29-16-30(22-4-5-22)40-32(29)37-20-38-33/h6-9,14-16,20-22,31H,3-5,10-13,17-19H2,1-2H3,(H,39,44)(H,37,38,40)/t21-/m0/s1. The molecule has 2 aromatic heterocycles. The molecule has 2 N–H and O–H groups in total. The first-order chi connectivity index (χ1) is 21.8. The number of H-pyrrole nitrogens is 1. The van der Waals surface area contributed by atoms with Gasteiger partial charge in [0.15, 0.2) is 0 Å². The van der Waals surface area contributed by atoms with E-state index >= 15 is 0 Å². The van der Waals surface area contributed by atoms with Crippen molar-refractivity contribution in [2.75, 3.05) is 45.1 Å². The van der Waals surface area contributed by atoms with Crippen LogP contribution in [0.25, 0.3) is 11.0 Å². The van der Waals surface area contributed by atoms with E-state index in [0.29, 0.717) is 48.4 Å². The van der Waals surface area contributed by atoms with Crippen molar-refractivity contribution in [2.45, 2.75) is 57.5 Å². The number of aromatic nitrogens is 3. The molecule has 1 aliphatic carbocycles. The van der Waals surface area contributed by atoms with Gasteiger partial charge in [0.1, 0.15) is 17.7 Å². The average molecular weight is 616 g/mol. The first-order valence-electron chi connectivity index (χ1n) is 15.9. The highest BCUT2D eigenvalue weighted by Crippen LogP contribution is 2.42. The molecule has 1 saturated carbocycles. The van der Waals surface area contributed by atoms with Crippen LogP contribution in [0.5, 0.6) is 11.6 Å². The fraction of sp³-hybridized carbons (Fsp3) is 0.441. The number of hydrogen-bond acceptors (Lipinski definition) is 6. The first-order valence-corrected chi connectivity index (χ1v) is 15.9. The normalized spacial score (nSPS) is 19.2. The van der Waals surface area contributed by atoms with Crippen LogP contribution in [-0.2, 0) is 13.1 Å². The van der Waals surface area contributed by atoms with E-state index in [1.807, 2.05) is 12.1 Å². The number of ether oxygens (including phenoxy) is 1. The molecule has 45 heavy (non-hydrogen) atoms. The minimum Gasteiger partial charge on any atom is -0.438 e. The largest absolute Gasteiger partial charge is 0.438 e. The quantitative estimate of drug-likeness (QED) is 0.225. The minimum atomic E-state index is -2.63. The Morgan fingerprint density at radius 3 is 2.67 bits per heavy atom. The molecule has 0 unspecified atom stereocenters. The first kappa shape index (κ1) is 29.6. The number of fused-ring (bicyclic) bond motifs is 2. The maximum atomic E-state index is 14.1. The van der Waals surface area contributed by atoms with Crippen molar-refractivity contribution < 1.29 is 18.3 Å². The third-order valence-corrected chi connectivity index (χ3v) is 9.40. The summed E-state index contributed by atoms with van der Waals surface area (Å²) < 4.78 is 34.5. The zero-order valence-corrected chi connectivity index (χ0v) is 25.7. The van der Waals surface area contributed by atoms with Gasteiger partial charge in [-0.2, -0.15) is 0 Å². The minimum absolute atomic E-state index is 0.0329. The molecule has 0 radical (unpaired) electrons. The molecule has 2 fully saturated rings. The van der Waals surface area contributed by atoms with Crippen LogP contribution < -0.4 is 10.1 Å². The summed E-state index contributed by atoms with van der Waals surface area (Å²) in [5.74, 6) is 1.83. The van der Waals surface area contributed by atoms with Crippen molar-refractivity contribution in [3.8, 4) is 11.6 Å². The van der Waals surface area contributed by atoms with Crippen molar-refractivity contribution in [1.82, 2.24) is 29.7 Å². The number of piperazine rings is 1.